The predicted octanol–water partition coefficient (Wildman–Crippen LogP) is 2.90. The van der Waals surface area contributed by atoms with E-state index < -0.39 is 28.6 Å². The molecule has 0 fully saturated rings. The number of nitrogens with zero attached hydrogens (tertiary/aromatic N) is 2. The molecule has 0 aliphatic carbocycles. The van der Waals surface area contributed by atoms with Crippen molar-refractivity contribution < 1.29 is 32.2 Å². The number of fused-ring (bicyclic) bond motifs is 1. The van der Waals surface area contributed by atoms with E-state index in [-0.39, 0.29) is 23.6 Å². The summed E-state index contributed by atoms with van der Waals surface area (Å²) in [5.74, 6) is -0.783. The Morgan fingerprint density at radius 1 is 0.865 bits per heavy atom. The SMILES string of the molecule is CCCCCCCCCCOCCOCCOC(=O)NNC(=O)CNS(=O)(=O)c1cccc2nsnc12. The summed E-state index contributed by atoms with van der Waals surface area (Å²) in [5, 5.41) is 0. The number of carbonyl (C=O) groups is 2. The summed E-state index contributed by atoms with van der Waals surface area (Å²) in [7, 11) is -4.01. The van der Waals surface area contributed by atoms with E-state index in [4.69, 9.17) is 14.2 Å². The summed E-state index contributed by atoms with van der Waals surface area (Å²) in [4.78, 5) is 23.4. The number of rotatable bonds is 19. The van der Waals surface area contributed by atoms with Crippen molar-refractivity contribution in [1.29, 1.82) is 0 Å². The van der Waals surface area contributed by atoms with Crippen molar-refractivity contribution in [1.82, 2.24) is 24.3 Å². The normalized spacial score (nSPS) is 11.5. The number of hydrogen-bond donors (Lipinski definition) is 3. The Labute approximate surface area is 222 Å². The van der Waals surface area contributed by atoms with Gasteiger partial charge in [0.1, 0.15) is 22.5 Å². The van der Waals surface area contributed by atoms with Gasteiger partial charge in [0.2, 0.25) is 10.0 Å². The lowest BCUT2D eigenvalue weighted by Crippen LogP contribution is -2.46. The molecule has 14 heteroatoms. The van der Waals surface area contributed by atoms with E-state index >= 15 is 0 Å². The highest BCUT2D eigenvalue weighted by molar-refractivity contribution is 7.89. The maximum Gasteiger partial charge on any atom is 0.426 e. The number of nitrogens with one attached hydrogen (secondary N) is 3. The van der Waals surface area contributed by atoms with Gasteiger partial charge in [-0.05, 0) is 18.6 Å². The third-order valence-electron chi connectivity index (χ3n) is 5.24. The van der Waals surface area contributed by atoms with E-state index in [2.05, 4.69) is 25.8 Å². The van der Waals surface area contributed by atoms with Gasteiger partial charge in [0.25, 0.3) is 5.91 Å². The number of carbonyl (C=O) groups excluding carboxylic acids is 2. The molecule has 37 heavy (non-hydrogen) atoms. The number of hydrazine groups is 1. The first-order valence-corrected chi connectivity index (χ1v) is 14.7. The molecule has 0 atom stereocenters. The van der Waals surface area contributed by atoms with Crippen LogP contribution in [0.4, 0.5) is 4.79 Å². The van der Waals surface area contributed by atoms with Crippen LogP contribution in [0.5, 0.6) is 0 Å². The monoisotopic (exact) mass is 559 g/mol. The van der Waals surface area contributed by atoms with Crippen LogP contribution in [0.3, 0.4) is 0 Å². The smallest absolute Gasteiger partial charge is 0.426 e. The van der Waals surface area contributed by atoms with Crippen molar-refractivity contribution in [3.63, 3.8) is 0 Å². The van der Waals surface area contributed by atoms with Crippen LogP contribution in [-0.2, 0) is 29.0 Å². The molecule has 0 saturated carbocycles. The summed E-state index contributed by atoms with van der Waals surface area (Å²) in [5.41, 5.74) is 4.76. The van der Waals surface area contributed by atoms with Gasteiger partial charge in [-0.25, -0.2) is 23.4 Å². The van der Waals surface area contributed by atoms with Crippen LogP contribution in [0.15, 0.2) is 23.1 Å². The van der Waals surface area contributed by atoms with Gasteiger partial charge in [-0.3, -0.25) is 10.2 Å². The molecule has 0 aliphatic heterocycles. The molecule has 3 N–H and O–H groups in total. The van der Waals surface area contributed by atoms with Crippen molar-refractivity contribution >= 4 is 44.8 Å². The van der Waals surface area contributed by atoms with Gasteiger partial charge in [-0.15, -0.1) is 0 Å². The molecule has 2 amide bonds. The van der Waals surface area contributed by atoms with Gasteiger partial charge in [-0.2, -0.15) is 8.75 Å². The van der Waals surface area contributed by atoms with Gasteiger partial charge in [0.15, 0.2) is 0 Å². The lowest BCUT2D eigenvalue weighted by Gasteiger charge is -2.10. The summed E-state index contributed by atoms with van der Waals surface area (Å²) in [6.07, 6.45) is 9.12. The topological polar surface area (TPSA) is 158 Å². The third kappa shape index (κ3) is 12.6. The van der Waals surface area contributed by atoms with Gasteiger partial charge < -0.3 is 14.2 Å². The fourth-order valence-corrected chi connectivity index (χ4v) is 5.04. The van der Waals surface area contributed by atoms with E-state index in [1.807, 2.05) is 5.43 Å². The van der Waals surface area contributed by atoms with Gasteiger partial charge in [0.05, 0.1) is 38.1 Å². The molecule has 0 bridgehead atoms. The molecule has 0 unspecified atom stereocenters. The summed E-state index contributed by atoms with van der Waals surface area (Å²) in [6, 6.07) is 4.54. The zero-order valence-corrected chi connectivity index (χ0v) is 22.8. The highest BCUT2D eigenvalue weighted by atomic mass is 32.2. The van der Waals surface area contributed by atoms with Crippen LogP contribution in [0.1, 0.15) is 58.3 Å². The van der Waals surface area contributed by atoms with Crippen molar-refractivity contribution in [3.05, 3.63) is 18.2 Å². The molecular weight excluding hydrogens is 522 g/mol. The minimum Gasteiger partial charge on any atom is -0.446 e. The fraction of sp³-hybridized carbons (Fsp3) is 0.652. The number of sulfonamides is 1. The van der Waals surface area contributed by atoms with Crippen LogP contribution in [0.2, 0.25) is 0 Å². The second-order valence-corrected chi connectivity index (χ2v) is 10.5. The van der Waals surface area contributed by atoms with Gasteiger partial charge in [-0.1, -0.05) is 57.9 Å². The highest BCUT2D eigenvalue weighted by Gasteiger charge is 2.20. The second-order valence-electron chi connectivity index (χ2n) is 8.22. The summed E-state index contributed by atoms with van der Waals surface area (Å²) >= 11 is 0.889. The Balaban J connectivity index is 1.44. The maximum atomic E-state index is 12.5. The number of benzene rings is 1. The molecule has 12 nitrogen and oxygen atoms in total. The largest absolute Gasteiger partial charge is 0.446 e. The number of ether oxygens (including phenoxy) is 3. The molecule has 0 radical (unpaired) electrons. The van der Waals surface area contributed by atoms with Crippen LogP contribution in [-0.4, -0.2) is 68.7 Å². The van der Waals surface area contributed by atoms with Crippen molar-refractivity contribution in [2.24, 2.45) is 0 Å². The minimum absolute atomic E-state index is 0.0158. The Morgan fingerprint density at radius 3 is 2.30 bits per heavy atom. The fourth-order valence-electron chi connectivity index (χ4n) is 3.29. The lowest BCUT2D eigenvalue weighted by molar-refractivity contribution is -0.120. The lowest BCUT2D eigenvalue weighted by atomic mass is 10.1. The van der Waals surface area contributed by atoms with E-state index in [1.165, 1.54) is 57.1 Å². The molecule has 1 heterocycles. The minimum atomic E-state index is -4.01. The van der Waals surface area contributed by atoms with Crippen LogP contribution in [0, 0.1) is 0 Å². The number of unbranched alkanes of at least 4 members (excludes halogenated alkanes) is 7. The summed E-state index contributed by atoms with van der Waals surface area (Å²) in [6.45, 7) is 3.37. The number of aromatic nitrogens is 2. The molecular formula is C23H37N5O7S2. The Kier molecular flexibility index (Phi) is 15.0. The molecule has 1 aromatic carbocycles. The van der Waals surface area contributed by atoms with E-state index in [9.17, 15) is 18.0 Å². The van der Waals surface area contributed by atoms with Crippen molar-refractivity contribution in [2.45, 2.75) is 63.2 Å². The zero-order chi connectivity index (χ0) is 26.8. The van der Waals surface area contributed by atoms with E-state index in [0.29, 0.717) is 25.3 Å². The van der Waals surface area contributed by atoms with Crippen molar-refractivity contribution in [3.8, 4) is 0 Å². The van der Waals surface area contributed by atoms with Crippen molar-refractivity contribution in [2.75, 3.05) is 39.6 Å². The third-order valence-corrected chi connectivity index (χ3v) is 7.22. The molecule has 2 rings (SSSR count). The van der Waals surface area contributed by atoms with E-state index in [0.717, 1.165) is 18.1 Å². The Morgan fingerprint density at radius 2 is 1.54 bits per heavy atom. The first-order valence-electron chi connectivity index (χ1n) is 12.5. The molecule has 208 valence electrons. The van der Waals surface area contributed by atoms with E-state index in [1.54, 1.807) is 6.07 Å². The first kappa shape index (κ1) is 30.8. The molecule has 1 aromatic heterocycles. The second kappa shape index (κ2) is 18.0. The Hall–Kier alpha value is -2.39. The Bertz CT molecular complexity index is 1050. The zero-order valence-electron chi connectivity index (χ0n) is 21.2. The highest BCUT2D eigenvalue weighted by Crippen LogP contribution is 2.20. The number of amides is 2. The maximum absolute atomic E-state index is 12.5. The standard InChI is InChI=1S/C23H37N5O7S2/c1-2-3-4-5-6-7-8-9-13-33-14-15-34-16-17-35-23(30)26-25-21(29)18-24-37(31,32)20-12-10-11-19-22(20)28-36-27-19/h10-12,24H,2-9,13-18H2,1H3,(H,25,29)(H,26,30). The summed E-state index contributed by atoms with van der Waals surface area (Å²) < 4.78 is 50.8. The predicted molar refractivity (Wildman–Crippen MR) is 139 cm³/mol. The number of hydrogen-bond acceptors (Lipinski definition) is 10. The molecule has 0 aliphatic rings. The van der Waals surface area contributed by atoms with Gasteiger partial charge >= 0.3 is 6.09 Å². The van der Waals surface area contributed by atoms with Crippen LogP contribution < -0.4 is 15.6 Å². The average molecular weight is 560 g/mol. The molecule has 0 spiro atoms. The van der Waals surface area contributed by atoms with Gasteiger partial charge in [0, 0.05) is 6.61 Å². The first-order chi connectivity index (χ1) is 17.9. The molecule has 0 saturated heterocycles. The van der Waals surface area contributed by atoms with Crippen LogP contribution >= 0.6 is 11.7 Å². The quantitative estimate of drug-likeness (QED) is 0.174. The molecule has 2 aromatic rings. The average Bonchev–Trinajstić information content (AvgIpc) is 3.37. The van der Waals surface area contributed by atoms with Crippen LogP contribution in [0.25, 0.3) is 11.0 Å².